The van der Waals surface area contributed by atoms with E-state index in [1.807, 2.05) is 33.9 Å². The van der Waals surface area contributed by atoms with Gasteiger partial charge in [-0.2, -0.15) is 11.6 Å². The fourth-order valence-corrected chi connectivity index (χ4v) is 7.43. The van der Waals surface area contributed by atoms with Gasteiger partial charge in [-0.15, -0.1) is 0 Å². The summed E-state index contributed by atoms with van der Waals surface area (Å²) >= 11 is 0. The summed E-state index contributed by atoms with van der Waals surface area (Å²) in [5.41, 5.74) is 5.68. The molecule has 0 amide bonds. The molecule has 0 atom stereocenters. The van der Waals surface area contributed by atoms with Crippen LogP contribution in [0.5, 0.6) is 0 Å². The van der Waals surface area contributed by atoms with Gasteiger partial charge >= 0.3 is 0 Å². The van der Waals surface area contributed by atoms with E-state index < -0.39 is 8.07 Å². The Balaban J connectivity index is 0.000000274. The third kappa shape index (κ3) is 6.87. The van der Waals surface area contributed by atoms with Crippen molar-refractivity contribution in [1.29, 1.82) is 0 Å². The molecule has 1 aliphatic rings. The van der Waals surface area contributed by atoms with Crippen molar-refractivity contribution >= 4 is 40.7 Å². The standard InChI is InChI=1S/C24H23N2Si.C13H24O2.Ir/c1-24(2)19-7-6-8-20-21(19)17(11-12-25-20)23-22(24)18-13-16(27(3,4)5)10-9-15(18)14-26-23;1-5-10(6-2)12(14)9-13(15)11(7-3)8-4;/h6-10,12-14H,1-5H3;9-11,14H,5-8H2,1-4H3;/q-1;;/b;12-9-;. The van der Waals surface area contributed by atoms with Crippen LogP contribution in [-0.4, -0.2) is 28.9 Å². The molecule has 6 heteroatoms. The minimum atomic E-state index is -1.40. The topological polar surface area (TPSA) is 63.1 Å². The Morgan fingerprint density at radius 3 is 2.23 bits per heavy atom. The first-order valence-corrected chi connectivity index (χ1v) is 19.1. The van der Waals surface area contributed by atoms with Gasteiger partial charge in [0.05, 0.1) is 13.8 Å². The van der Waals surface area contributed by atoms with Gasteiger partial charge in [0.15, 0.2) is 5.78 Å². The zero-order valence-corrected chi connectivity index (χ0v) is 30.7. The van der Waals surface area contributed by atoms with Crippen molar-refractivity contribution in [2.24, 2.45) is 11.8 Å². The number of aromatic nitrogens is 2. The molecule has 5 rings (SSSR count). The van der Waals surface area contributed by atoms with Gasteiger partial charge in [0.1, 0.15) is 0 Å². The number of carbonyl (C=O) groups is 1. The molecule has 0 unspecified atom stereocenters. The third-order valence-corrected chi connectivity index (χ3v) is 11.1. The minimum Gasteiger partial charge on any atom is -0.512 e. The zero-order valence-electron chi connectivity index (χ0n) is 27.3. The van der Waals surface area contributed by atoms with Gasteiger partial charge in [0.25, 0.3) is 0 Å². The first-order chi connectivity index (χ1) is 19.9. The van der Waals surface area contributed by atoms with E-state index in [1.165, 1.54) is 38.5 Å². The van der Waals surface area contributed by atoms with Gasteiger partial charge in [0.2, 0.25) is 0 Å². The first-order valence-electron chi connectivity index (χ1n) is 15.6. The first kappa shape index (κ1) is 34.8. The smallest absolute Gasteiger partial charge is 0.162 e. The number of carbonyl (C=O) groups excluding carboxylic acids is 1. The Labute approximate surface area is 272 Å². The summed E-state index contributed by atoms with van der Waals surface area (Å²) in [5, 5.41) is 15.0. The van der Waals surface area contributed by atoms with E-state index in [0.29, 0.717) is 0 Å². The normalized spacial score (nSPS) is 13.9. The molecule has 4 aromatic rings. The predicted molar refractivity (Wildman–Crippen MR) is 180 cm³/mol. The van der Waals surface area contributed by atoms with Crippen LogP contribution in [0.1, 0.15) is 78.4 Å². The molecule has 231 valence electrons. The molecular formula is C37H47IrN2O2Si-. The molecule has 0 spiro atoms. The van der Waals surface area contributed by atoms with E-state index in [4.69, 9.17) is 4.98 Å². The summed E-state index contributed by atoms with van der Waals surface area (Å²) in [6, 6.07) is 16.8. The fraction of sp³-hybridized carbons (Fsp3) is 0.432. The molecule has 0 fully saturated rings. The number of nitrogens with zero attached hydrogens (tertiary/aromatic N) is 2. The fourth-order valence-electron chi connectivity index (χ4n) is 6.27. The van der Waals surface area contributed by atoms with Crippen molar-refractivity contribution in [2.75, 3.05) is 0 Å². The number of fused-ring (bicyclic) bond motifs is 4. The molecular weight excluding hydrogens is 725 g/mol. The second-order valence-electron chi connectivity index (χ2n) is 13.1. The maximum atomic E-state index is 11.7. The quantitative estimate of drug-likeness (QED) is 0.0840. The zero-order chi connectivity index (χ0) is 30.8. The van der Waals surface area contributed by atoms with Crippen LogP contribution in [0.25, 0.3) is 32.9 Å². The average molecular weight is 772 g/mol. The van der Waals surface area contributed by atoms with Crippen LogP contribution in [0.15, 0.2) is 60.6 Å². The summed E-state index contributed by atoms with van der Waals surface area (Å²) < 4.78 is 0. The number of aliphatic hydroxyl groups excluding tert-OH is 1. The number of hydrogen-bond acceptors (Lipinski definition) is 4. The van der Waals surface area contributed by atoms with Gasteiger partial charge in [0, 0.05) is 49.7 Å². The molecule has 2 heterocycles. The van der Waals surface area contributed by atoms with Crippen LogP contribution in [0.3, 0.4) is 0 Å². The van der Waals surface area contributed by atoms with E-state index in [1.54, 1.807) is 6.20 Å². The van der Waals surface area contributed by atoms with Gasteiger partial charge < -0.3 is 10.1 Å². The van der Waals surface area contributed by atoms with Gasteiger partial charge in [-0.1, -0.05) is 113 Å². The number of ketones is 1. The van der Waals surface area contributed by atoms with Gasteiger partial charge in [-0.05, 0) is 59.8 Å². The van der Waals surface area contributed by atoms with E-state index in [2.05, 4.69) is 80.9 Å². The summed E-state index contributed by atoms with van der Waals surface area (Å²) in [4.78, 5) is 21.2. The number of hydrogen-bond donors (Lipinski definition) is 1. The molecule has 2 aromatic heterocycles. The van der Waals surface area contributed by atoms with Crippen molar-refractivity contribution in [3.05, 3.63) is 77.8 Å². The summed E-state index contributed by atoms with van der Waals surface area (Å²) in [7, 11) is -1.40. The molecule has 1 N–H and O–H groups in total. The molecule has 0 saturated carbocycles. The SMILES string of the molecule is CC1(C)c2c(ncc3ccc([Si](C)(C)C)cc23)-c2[c-]cnc3cccc1c23.CCC(CC)C(=O)/C=C(\O)C(CC)CC.[Ir]. The molecule has 1 radical (unpaired) electrons. The number of rotatable bonds is 8. The van der Waals surface area contributed by atoms with Crippen molar-refractivity contribution in [3.8, 4) is 11.3 Å². The molecule has 1 aliphatic carbocycles. The predicted octanol–water partition coefficient (Wildman–Crippen LogP) is 9.30. The third-order valence-electron chi connectivity index (χ3n) is 9.08. The van der Waals surface area contributed by atoms with E-state index in [9.17, 15) is 9.90 Å². The van der Waals surface area contributed by atoms with Crippen molar-refractivity contribution < 1.29 is 30.0 Å². The Kier molecular flexibility index (Phi) is 11.3. The molecule has 0 aliphatic heterocycles. The molecule has 2 aromatic carbocycles. The van der Waals surface area contributed by atoms with Crippen LogP contribution in [0, 0.1) is 17.9 Å². The summed E-state index contributed by atoms with van der Waals surface area (Å²) in [6.45, 7) is 19.9. The molecule has 43 heavy (non-hydrogen) atoms. The van der Waals surface area contributed by atoms with E-state index >= 15 is 0 Å². The van der Waals surface area contributed by atoms with Crippen LogP contribution in [0.4, 0.5) is 0 Å². The maximum absolute atomic E-state index is 11.7. The Hall–Kier alpha value is -2.66. The largest absolute Gasteiger partial charge is 0.512 e. The van der Waals surface area contributed by atoms with Gasteiger partial charge in [-0.25, -0.2) is 0 Å². The van der Waals surface area contributed by atoms with Crippen LogP contribution in [-0.2, 0) is 30.3 Å². The van der Waals surface area contributed by atoms with Crippen molar-refractivity contribution in [3.63, 3.8) is 0 Å². The van der Waals surface area contributed by atoms with Crippen LogP contribution in [0.2, 0.25) is 19.6 Å². The Morgan fingerprint density at radius 2 is 1.63 bits per heavy atom. The van der Waals surface area contributed by atoms with Crippen molar-refractivity contribution in [2.45, 2.75) is 92.3 Å². The van der Waals surface area contributed by atoms with Crippen LogP contribution < -0.4 is 5.19 Å². The monoisotopic (exact) mass is 772 g/mol. The van der Waals surface area contributed by atoms with Gasteiger partial charge in [-0.3, -0.25) is 9.78 Å². The number of pyridine rings is 2. The number of benzene rings is 2. The number of aliphatic hydroxyl groups is 1. The van der Waals surface area contributed by atoms with E-state index in [-0.39, 0.29) is 48.9 Å². The summed E-state index contributed by atoms with van der Waals surface area (Å²) in [5.74, 6) is 0.547. The number of allylic oxidation sites excluding steroid dienone is 2. The van der Waals surface area contributed by atoms with E-state index in [0.717, 1.165) is 42.5 Å². The molecule has 0 bridgehead atoms. The second-order valence-corrected chi connectivity index (χ2v) is 18.2. The molecule has 0 saturated heterocycles. The minimum absolute atomic E-state index is 0. The summed E-state index contributed by atoms with van der Waals surface area (Å²) in [6.07, 6.45) is 8.71. The van der Waals surface area contributed by atoms with Crippen molar-refractivity contribution in [1.82, 2.24) is 9.97 Å². The maximum Gasteiger partial charge on any atom is 0.162 e. The Bertz CT molecular complexity index is 1620. The average Bonchev–Trinajstić information content (AvgIpc) is 2.96. The Morgan fingerprint density at radius 1 is 0.977 bits per heavy atom. The molecule has 4 nitrogen and oxygen atoms in total. The van der Waals surface area contributed by atoms with Crippen LogP contribution >= 0.6 is 0 Å². The second kappa shape index (κ2) is 14.0.